The Balaban J connectivity index is 1.97. The highest BCUT2D eigenvalue weighted by molar-refractivity contribution is 7.91. The molecule has 0 spiro atoms. The van der Waals surface area contributed by atoms with Crippen molar-refractivity contribution in [2.24, 2.45) is 0 Å². The molecule has 3 nitrogen and oxygen atoms in total. The van der Waals surface area contributed by atoms with Crippen LogP contribution in [0.25, 0.3) is 0 Å². The summed E-state index contributed by atoms with van der Waals surface area (Å²) in [6.07, 6.45) is 1.82. The molecule has 0 bridgehead atoms. The van der Waals surface area contributed by atoms with Crippen molar-refractivity contribution in [2.75, 3.05) is 6.54 Å². The van der Waals surface area contributed by atoms with Gasteiger partial charge in [0.25, 0.3) is 10.0 Å². The van der Waals surface area contributed by atoms with Gasteiger partial charge in [-0.2, -0.15) is 4.31 Å². The van der Waals surface area contributed by atoms with Crippen LogP contribution in [0.15, 0.2) is 52.1 Å². The van der Waals surface area contributed by atoms with Gasteiger partial charge in [0.05, 0.1) is 6.04 Å². The van der Waals surface area contributed by atoms with Crippen molar-refractivity contribution in [1.29, 1.82) is 0 Å². The molecule has 1 aromatic carbocycles. The van der Waals surface area contributed by atoms with Crippen LogP contribution in [0.5, 0.6) is 0 Å². The molecule has 2 heterocycles. The smallest absolute Gasteiger partial charge is 0.206 e. The van der Waals surface area contributed by atoms with E-state index in [4.69, 9.17) is 0 Å². The first-order valence-corrected chi connectivity index (χ1v) is 8.62. The Morgan fingerprint density at radius 1 is 1.11 bits per heavy atom. The second-order valence-electron chi connectivity index (χ2n) is 4.62. The third kappa shape index (κ3) is 2.33. The average molecular weight is 293 g/mol. The Labute approximate surface area is 117 Å². The van der Waals surface area contributed by atoms with Crippen LogP contribution >= 0.6 is 11.3 Å². The summed E-state index contributed by atoms with van der Waals surface area (Å²) in [5.41, 5.74) is 1.08. The van der Waals surface area contributed by atoms with Crippen LogP contribution in [0.1, 0.15) is 24.4 Å². The number of hydrogen-bond donors (Lipinski definition) is 0. The Bertz CT molecular complexity index is 635. The second kappa shape index (κ2) is 5.07. The maximum absolute atomic E-state index is 12.6. The molecule has 0 radical (unpaired) electrons. The lowest BCUT2D eigenvalue weighted by atomic mass is 10.1. The number of sulfonamides is 1. The van der Waals surface area contributed by atoms with Gasteiger partial charge in [-0.1, -0.05) is 36.4 Å². The summed E-state index contributed by atoms with van der Waals surface area (Å²) in [5.74, 6) is 0. The van der Waals surface area contributed by atoms with Crippen LogP contribution < -0.4 is 0 Å². The molecule has 19 heavy (non-hydrogen) atoms. The van der Waals surface area contributed by atoms with Gasteiger partial charge in [0.1, 0.15) is 4.21 Å². The topological polar surface area (TPSA) is 37.4 Å². The lowest BCUT2D eigenvalue weighted by molar-refractivity contribution is 0.398. The molecule has 1 saturated heterocycles. The van der Waals surface area contributed by atoms with Crippen molar-refractivity contribution < 1.29 is 8.42 Å². The highest BCUT2D eigenvalue weighted by atomic mass is 32.2. The first-order valence-electron chi connectivity index (χ1n) is 6.30. The standard InChI is InChI=1S/C14H15NO2S2/c16-19(17,14-9-5-11-18-14)15-10-4-8-13(15)12-6-2-1-3-7-12/h1-3,5-7,9,11,13H,4,8,10H2/t13-/m1/s1. The molecular weight excluding hydrogens is 278 g/mol. The van der Waals surface area contributed by atoms with Crippen LogP contribution in [0.2, 0.25) is 0 Å². The lowest BCUT2D eigenvalue weighted by Crippen LogP contribution is -2.30. The number of nitrogens with zero attached hydrogens (tertiary/aromatic N) is 1. The number of benzene rings is 1. The van der Waals surface area contributed by atoms with Crippen molar-refractivity contribution in [3.8, 4) is 0 Å². The van der Waals surface area contributed by atoms with Crippen LogP contribution in [0, 0.1) is 0 Å². The van der Waals surface area contributed by atoms with Crippen molar-refractivity contribution in [1.82, 2.24) is 4.31 Å². The molecule has 100 valence electrons. The summed E-state index contributed by atoms with van der Waals surface area (Å²) in [4.78, 5) is 0. The fourth-order valence-electron chi connectivity index (χ4n) is 2.56. The molecule has 1 aliphatic heterocycles. The van der Waals surface area contributed by atoms with Crippen molar-refractivity contribution in [3.05, 3.63) is 53.4 Å². The van der Waals surface area contributed by atoms with Gasteiger partial charge in [-0.25, -0.2) is 8.42 Å². The van der Waals surface area contributed by atoms with E-state index in [0.29, 0.717) is 10.8 Å². The Morgan fingerprint density at radius 2 is 1.89 bits per heavy atom. The minimum atomic E-state index is -3.34. The van der Waals surface area contributed by atoms with Crippen LogP contribution in [0.4, 0.5) is 0 Å². The summed E-state index contributed by atoms with van der Waals surface area (Å²) in [5, 5.41) is 1.81. The van der Waals surface area contributed by atoms with Gasteiger partial charge in [-0.05, 0) is 29.9 Å². The van der Waals surface area contributed by atoms with E-state index in [9.17, 15) is 8.42 Å². The average Bonchev–Trinajstić information content (AvgIpc) is 3.11. The summed E-state index contributed by atoms with van der Waals surface area (Å²) < 4.78 is 27.3. The van der Waals surface area contributed by atoms with Crippen LogP contribution in [-0.2, 0) is 10.0 Å². The second-order valence-corrected chi connectivity index (χ2v) is 7.68. The van der Waals surface area contributed by atoms with E-state index in [2.05, 4.69) is 0 Å². The van der Waals surface area contributed by atoms with Gasteiger partial charge in [0, 0.05) is 6.54 Å². The molecule has 0 aliphatic carbocycles. The molecule has 0 saturated carbocycles. The van der Waals surface area contributed by atoms with Gasteiger partial charge < -0.3 is 0 Å². The minimum absolute atomic E-state index is 0.0201. The molecule has 1 aromatic heterocycles. The maximum Gasteiger partial charge on any atom is 0.253 e. The molecule has 0 unspecified atom stereocenters. The van der Waals surface area contributed by atoms with E-state index in [-0.39, 0.29) is 6.04 Å². The quantitative estimate of drug-likeness (QED) is 0.871. The molecular formula is C14H15NO2S2. The first kappa shape index (κ1) is 12.8. The molecule has 3 rings (SSSR count). The van der Waals surface area contributed by atoms with E-state index in [1.807, 2.05) is 30.3 Å². The summed E-state index contributed by atoms with van der Waals surface area (Å²) >= 11 is 1.28. The third-order valence-electron chi connectivity index (χ3n) is 3.45. The zero-order chi connectivity index (χ0) is 13.3. The molecule has 2 aromatic rings. The summed E-state index contributed by atoms with van der Waals surface area (Å²) in [6.45, 7) is 0.611. The molecule has 1 atom stereocenters. The number of hydrogen-bond acceptors (Lipinski definition) is 3. The third-order valence-corrected chi connectivity index (χ3v) is 6.73. The predicted molar refractivity (Wildman–Crippen MR) is 76.6 cm³/mol. The van der Waals surface area contributed by atoms with E-state index in [1.165, 1.54) is 11.3 Å². The zero-order valence-corrected chi connectivity index (χ0v) is 12.0. The van der Waals surface area contributed by atoms with Crippen molar-refractivity contribution >= 4 is 21.4 Å². The van der Waals surface area contributed by atoms with Gasteiger partial charge >= 0.3 is 0 Å². The number of thiophene rings is 1. The van der Waals surface area contributed by atoms with Gasteiger partial charge in [0.2, 0.25) is 0 Å². The Kier molecular flexibility index (Phi) is 3.43. The Morgan fingerprint density at radius 3 is 2.58 bits per heavy atom. The van der Waals surface area contributed by atoms with Gasteiger partial charge in [0.15, 0.2) is 0 Å². The molecule has 0 amide bonds. The van der Waals surface area contributed by atoms with Crippen molar-refractivity contribution in [2.45, 2.75) is 23.1 Å². The molecule has 1 aliphatic rings. The van der Waals surface area contributed by atoms with E-state index in [0.717, 1.165) is 18.4 Å². The largest absolute Gasteiger partial charge is 0.253 e. The summed E-state index contributed by atoms with van der Waals surface area (Å²) in [7, 11) is -3.34. The highest BCUT2D eigenvalue weighted by Crippen LogP contribution is 2.37. The fourth-order valence-corrected chi connectivity index (χ4v) is 5.36. The van der Waals surface area contributed by atoms with Crippen molar-refractivity contribution in [3.63, 3.8) is 0 Å². The lowest BCUT2D eigenvalue weighted by Gasteiger charge is -2.23. The van der Waals surface area contributed by atoms with E-state index < -0.39 is 10.0 Å². The SMILES string of the molecule is O=S(=O)(c1cccs1)N1CCC[C@@H]1c1ccccc1. The zero-order valence-electron chi connectivity index (χ0n) is 10.4. The van der Waals surface area contributed by atoms with E-state index in [1.54, 1.807) is 21.8 Å². The monoisotopic (exact) mass is 293 g/mol. The fraction of sp³-hybridized carbons (Fsp3) is 0.286. The normalized spacial score (nSPS) is 20.7. The predicted octanol–water partition coefficient (Wildman–Crippen LogP) is 3.27. The van der Waals surface area contributed by atoms with Gasteiger partial charge in [-0.3, -0.25) is 0 Å². The van der Waals surface area contributed by atoms with Gasteiger partial charge in [-0.15, -0.1) is 11.3 Å². The van der Waals surface area contributed by atoms with Crippen LogP contribution in [-0.4, -0.2) is 19.3 Å². The number of rotatable bonds is 3. The highest BCUT2D eigenvalue weighted by Gasteiger charge is 2.36. The first-order chi connectivity index (χ1) is 9.19. The molecule has 1 fully saturated rings. The Hall–Kier alpha value is -1.17. The maximum atomic E-state index is 12.6. The summed E-state index contributed by atoms with van der Waals surface area (Å²) in [6, 6.07) is 13.3. The molecule has 5 heteroatoms. The van der Waals surface area contributed by atoms with Crippen LogP contribution in [0.3, 0.4) is 0 Å². The van der Waals surface area contributed by atoms with E-state index >= 15 is 0 Å². The molecule has 0 N–H and O–H groups in total. The minimum Gasteiger partial charge on any atom is -0.206 e.